The highest BCUT2D eigenvalue weighted by Crippen LogP contribution is 2.26. The maximum Gasteiger partial charge on any atom is 0.123 e. The topological polar surface area (TPSA) is 15.3 Å². The fourth-order valence-electron chi connectivity index (χ4n) is 2.95. The molecule has 1 atom stereocenters. The second kappa shape index (κ2) is 4.65. The minimum atomic E-state index is -0.122. The second-order valence-electron chi connectivity index (χ2n) is 5.19. The van der Waals surface area contributed by atoms with Crippen molar-refractivity contribution in [3.8, 4) is 0 Å². The van der Waals surface area contributed by atoms with Crippen molar-refractivity contribution in [1.29, 1.82) is 0 Å². The van der Waals surface area contributed by atoms with E-state index in [2.05, 4.69) is 10.2 Å². The highest BCUT2D eigenvalue weighted by atomic mass is 19.1. The van der Waals surface area contributed by atoms with E-state index < -0.39 is 0 Å². The zero-order valence-corrected chi connectivity index (χ0v) is 10.1. The standard InChI is InChI=1S/C14H19FN2/c15-12-4-6-14-11(9-12)3-5-13(16-14)10-17-7-1-2-8-17/h4,6,9,13,16H,1-3,5,7-8,10H2. The lowest BCUT2D eigenvalue weighted by Crippen LogP contribution is -2.37. The summed E-state index contributed by atoms with van der Waals surface area (Å²) in [5.74, 6) is -0.122. The monoisotopic (exact) mass is 234 g/mol. The number of likely N-dealkylation sites (tertiary alicyclic amines) is 1. The molecule has 0 spiro atoms. The molecule has 2 aliphatic heterocycles. The van der Waals surface area contributed by atoms with Gasteiger partial charge in [0.15, 0.2) is 0 Å². The van der Waals surface area contributed by atoms with Gasteiger partial charge in [0, 0.05) is 18.3 Å². The number of nitrogens with one attached hydrogen (secondary N) is 1. The third-order valence-electron chi connectivity index (χ3n) is 3.87. The lowest BCUT2D eigenvalue weighted by Gasteiger charge is -2.30. The number of benzene rings is 1. The van der Waals surface area contributed by atoms with E-state index in [1.807, 2.05) is 6.07 Å². The largest absolute Gasteiger partial charge is 0.381 e. The zero-order chi connectivity index (χ0) is 11.7. The summed E-state index contributed by atoms with van der Waals surface area (Å²) in [6.07, 6.45) is 4.80. The number of aryl methyl sites for hydroxylation is 1. The van der Waals surface area contributed by atoms with Gasteiger partial charge in [-0.25, -0.2) is 4.39 Å². The minimum Gasteiger partial charge on any atom is -0.381 e. The first-order valence-corrected chi connectivity index (χ1v) is 6.58. The van der Waals surface area contributed by atoms with Crippen molar-refractivity contribution in [2.45, 2.75) is 31.7 Å². The van der Waals surface area contributed by atoms with Crippen LogP contribution in [0.15, 0.2) is 18.2 Å². The van der Waals surface area contributed by atoms with Crippen LogP contribution < -0.4 is 5.32 Å². The fraction of sp³-hybridized carbons (Fsp3) is 0.571. The molecular weight excluding hydrogens is 215 g/mol. The number of fused-ring (bicyclic) bond motifs is 1. The summed E-state index contributed by atoms with van der Waals surface area (Å²) >= 11 is 0. The van der Waals surface area contributed by atoms with E-state index in [-0.39, 0.29) is 5.82 Å². The van der Waals surface area contributed by atoms with Crippen molar-refractivity contribution in [2.75, 3.05) is 25.0 Å². The summed E-state index contributed by atoms with van der Waals surface area (Å²) in [4.78, 5) is 2.53. The lowest BCUT2D eigenvalue weighted by atomic mass is 9.97. The molecule has 1 saturated heterocycles. The molecule has 0 aliphatic carbocycles. The van der Waals surface area contributed by atoms with Gasteiger partial charge in [-0.1, -0.05) is 0 Å². The van der Waals surface area contributed by atoms with Gasteiger partial charge in [0.25, 0.3) is 0 Å². The van der Waals surface area contributed by atoms with Crippen molar-refractivity contribution in [3.05, 3.63) is 29.6 Å². The zero-order valence-electron chi connectivity index (χ0n) is 10.1. The molecule has 0 bridgehead atoms. The molecule has 1 fully saturated rings. The molecule has 0 radical (unpaired) electrons. The van der Waals surface area contributed by atoms with Crippen LogP contribution in [0.25, 0.3) is 0 Å². The number of rotatable bonds is 2. The van der Waals surface area contributed by atoms with Gasteiger partial charge in [-0.3, -0.25) is 0 Å². The first-order valence-electron chi connectivity index (χ1n) is 6.58. The number of hydrogen-bond donors (Lipinski definition) is 1. The van der Waals surface area contributed by atoms with Crippen LogP contribution in [-0.4, -0.2) is 30.6 Å². The predicted octanol–water partition coefficient (Wildman–Crippen LogP) is 2.65. The van der Waals surface area contributed by atoms with Crippen LogP contribution in [0, 0.1) is 5.82 Å². The highest BCUT2D eigenvalue weighted by molar-refractivity contribution is 5.54. The van der Waals surface area contributed by atoms with Crippen LogP contribution in [0.4, 0.5) is 10.1 Å². The van der Waals surface area contributed by atoms with E-state index in [0.29, 0.717) is 6.04 Å². The van der Waals surface area contributed by atoms with Gasteiger partial charge >= 0.3 is 0 Å². The molecule has 3 heteroatoms. The molecule has 1 unspecified atom stereocenters. The Bertz CT molecular complexity index is 399. The Morgan fingerprint density at radius 2 is 2.12 bits per heavy atom. The molecule has 0 amide bonds. The van der Waals surface area contributed by atoms with E-state index >= 15 is 0 Å². The molecule has 1 N–H and O–H groups in total. The Labute approximate surface area is 102 Å². The molecule has 92 valence electrons. The normalized spacial score (nSPS) is 24.4. The number of anilines is 1. The smallest absolute Gasteiger partial charge is 0.123 e. The van der Waals surface area contributed by atoms with Gasteiger partial charge in [-0.05, 0) is 62.5 Å². The van der Waals surface area contributed by atoms with Crippen LogP contribution in [0.3, 0.4) is 0 Å². The third kappa shape index (κ3) is 2.44. The maximum absolute atomic E-state index is 13.1. The molecule has 2 heterocycles. The molecule has 0 saturated carbocycles. The number of hydrogen-bond acceptors (Lipinski definition) is 2. The first-order chi connectivity index (χ1) is 8.31. The van der Waals surface area contributed by atoms with E-state index in [1.165, 1.54) is 25.9 Å². The van der Waals surface area contributed by atoms with Gasteiger partial charge in [0.05, 0.1) is 0 Å². The summed E-state index contributed by atoms with van der Waals surface area (Å²) in [6, 6.07) is 5.62. The molecule has 2 aliphatic rings. The molecule has 0 aromatic heterocycles. The van der Waals surface area contributed by atoms with Gasteiger partial charge in [0.2, 0.25) is 0 Å². The Balaban J connectivity index is 1.65. The van der Waals surface area contributed by atoms with Crippen LogP contribution in [0.1, 0.15) is 24.8 Å². The lowest BCUT2D eigenvalue weighted by molar-refractivity contribution is 0.314. The van der Waals surface area contributed by atoms with Crippen molar-refractivity contribution < 1.29 is 4.39 Å². The fourth-order valence-corrected chi connectivity index (χ4v) is 2.95. The molecule has 17 heavy (non-hydrogen) atoms. The minimum absolute atomic E-state index is 0.122. The molecular formula is C14H19FN2. The Morgan fingerprint density at radius 1 is 1.29 bits per heavy atom. The summed E-state index contributed by atoms with van der Waals surface area (Å²) < 4.78 is 13.1. The van der Waals surface area contributed by atoms with Crippen molar-refractivity contribution in [2.24, 2.45) is 0 Å². The molecule has 1 aromatic rings. The predicted molar refractivity (Wildman–Crippen MR) is 67.8 cm³/mol. The summed E-state index contributed by atoms with van der Waals surface area (Å²) in [5, 5.41) is 3.54. The third-order valence-corrected chi connectivity index (χ3v) is 3.87. The highest BCUT2D eigenvalue weighted by Gasteiger charge is 2.21. The molecule has 1 aromatic carbocycles. The maximum atomic E-state index is 13.1. The van der Waals surface area contributed by atoms with Crippen molar-refractivity contribution >= 4 is 5.69 Å². The van der Waals surface area contributed by atoms with E-state index in [4.69, 9.17) is 0 Å². The first kappa shape index (κ1) is 11.0. The second-order valence-corrected chi connectivity index (χ2v) is 5.19. The molecule has 2 nitrogen and oxygen atoms in total. The van der Waals surface area contributed by atoms with Crippen LogP contribution in [0.2, 0.25) is 0 Å². The van der Waals surface area contributed by atoms with Crippen LogP contribution in [-0.2, 0) is 6.42 Å². The average Bonchev–Trinajstić information content (AvgIpc) is 2.82. The van der Waals surface area contributed by atoms with Crippen LogP contribution >= 0.6 is 0 Å². The van der Waals surface area contributed by atoms with Crippen LogP contribution in [0.5, 0.6) is 0 Å². The quantitative estimate of drug-likeness (QED) is 0.846. The number of halogens is 1. The van der Waals surface area contributed by atoms with E-state index in [1.54, 1.807) is 12.1 Å². The average molecular weight is 234 g/mol. The van der Waals surface area contributed by atoms with Gasteiger partial charge in [0.1, 0.15) is 5.82 Å². The van der Waals surface area contributed by atoms with Crippen molar-refractivity contribution in [1.82, 2.24) is 4.90 Å². The molecule has 3 rings (SSSR count). The summed E-state index contributed by atoms with van der Waals surface area (Å²) in [5.41, 5.74) is 2.25. The Hall–Kier alpha value is -1.09. The van der Waals surface area contributed by atoms with E-state index in [9.17, 15) is 4.39 Å². The van der Waals surface area contributed by atoms with Gasteiger partial charge < -0.3 is 10.2 Å². The summed E-state index contributed by atoms with van der Waals surface area (Å²) in [6.45, 7) is 3.62. The Kier molecular flexibility index (Phi) is 3.02. The van der Waals surface area contributed by atoms with Crippen molar-refractivity contribution in [3.63, 3.8) is 0 Å². The number of nitrogens with zero attached hydrogens (tertiary/aromatic N) is 1. The van der Waals surface area contributed by atoms with Gasteiger partial charge in [-0.15, -0.1) is 0 Å². The Morgan fingerprint density at radius 3 is 2.94 bits per heavy atom. The SMILES string of the molecule is Fc1ccc2c(c1)CCC(CN1CCCC1)N2. The van der Waals surface area contributed by atoms with Gasteiger partial charge in [-0.2, -0.15) is 0 Å². The van der Waals surface area contributed by atoms with E-state index in [0.717, 1.165) is 30.6 Å². The summed E-state index contributed by atoms with van der Waals surface area (Å²) in [7, 11) is 0.